The summed E-state index contributed by atoms with van der Waals surface area (Å²) in [6.45, 7) is 3.77. The van der Waals surface area contributed by atoms with E-state index in [1.165, 1.54) is 0 Å². The molecule has 0 unspecified atom stereocenters. The summed E-state index contributed by atoms with van der Waals surface area (Å²) >= 11 is 4.79. The van der Waals surface area contributed by atoms with Gasteiger partial charge >= 0.3 is 5.97 Å². The highest BCUT2D eigenvalue weighted by atomic mass is 79.9. The summed E-state index contributed by atoms with van der Waals surface area (Å²) in [4.78, 5) is 12.0. The quantitative estimate of drug-likeness (QED) is 0.850. The van der Waals surface area contributed by atoms with E-state index in [1.54, 1.807) is 23.9 Å². The van der Waals surface area contributed by atoms with E-state index in [9.17, 15) is 4.79 Å². The number of aryl methyl sites for hydroxylation is 2. The lowest BCUT2D eigenvalue weighted by molar-refractivity contribution is 0.0695. The number of carboxylic acids is 1. The summed E-state index contributed by atoms with van der Waals surface area (Å²) in [7, 11) is 0. The molecule has 0 amide bonds. The van der Waals surface area contributed by atoms with Crippen molar-refractivity contribution in [2.24, 2.45) is 0 Å². The molecule has 0 aliphatic heterocycles. The molecule has 0 saturated heterocycles. The number of carbonyl (C=O) groups is 1. The van der Waals surface area contributed by atoms with Crippen LogP contribution in [-0.2, 0) is 5.75 Å². The Hall–Kier alpha value is -1.27. The van der Waals surface area contributed by atoms with Gasteiger partial charge in [0.25, 0.3) is 0 Å². The molecule has 0 saturated carbocycles. The van der Waals surface area contributed by atoms with Gasteiger partial charge in [-0.05, 0) is 48.0 Å². The number of rotatable bonds is 4. The average molecular weight is 342 g/mol. The second-order valence-electron chi connectivity index (χ2n) is 4.04. The number of thioether (sulfide) groups is 1. The van der Waals surface area contributed by atoms with Crippen LogP contribution >= 0.6 is 27.7 Å². The van der Waals surface area contributed by atoms with Crippen LogP contribution in [0.4, 0.5) is 0 Å². The number of aromatic carboxylic acids is 1. The molecule has 2 aromatic rings. The molecule has 6 heteroatoms. The van der Waals surface area contributed by atoms with E-state index in [0.717, 1.165) is 21.9 Å². The van der Waals surface area contributed by atoms with E-state index in [1.807, 2.05) is 19.9 Å². The lowest BCUT2D eigenvalue weighted by Gasteiger charge is -2.04. The van der Waals surface area contributed by atoms with Gasteiger partial charge in [0.15, 0.2) is 0 Å². The van der Waals surface area contributed by atoms with Crippen LogP contribution in [0.25, 0.3) is 0 Å². The Labute approximate surface area is 123 Å². The highest BCUT2D eigenvalue weighted by Gasteiger charge is 2.12. The standard InChI is InChI=1S/C13H12BrNO3S/c1-7-11(8(2)18-15-7)6-19-9-3-4-12(14)10(5-9)13(16)17/h3-5H,6H2,1-2H3,(H,16,17). The Kier molecular flexibility index (Phi) is 4.31. The fraction of sp³-hybridized carbons (Fsp3) is 0.231. The summed E-state index contributed by atoms with van der Waals surface area (Å²) in [6, 6.07) is 5.30. The molecule has 0 aliphatic carbocycles. The van der Waals surface area contributed by atoms with E-state index in [0.29, 0.717) is 10.2 Å². The van der Waals surface area contributed by atoms with Gasteiger partial charge in [-0.2, -0.15) is 0 Å². The summed E-state index contributed by atoms with van der Waals surface area (Å²) < 4.78 is 5.68. The van der Waals surface area contributed by atoms with Crippen molar-refractivity contribution >= 4 is 33.7 Å². The Morgan fingerprint density at radius 2 is 2.21 bits per heavy atom. The molecule has 0 spiro atoms. The van der Waals surface area contributed by atoms with E-state index in [-0.39, 0.29) is 5.56 Å². The van der Waals surface area contributed by atoms with Crippen molar-refractivity contribution < 1.29 is 14.4 Å². The van der Waals surface area contributed by atoms with E-state index >= 15 is 0 Å². The van der Waals surface area contributed by atoms with Gasteiger partial charge in [0.05, 0.1) is 11.3 Å². The zero-order valence-electron chi connectivity index (χ0n) is 10.4. The largest absolute Gasteiger partial charge is 0.478 e. The maximum absolute atomic E-state index is 11.1. The molecular weight excluding hydrogens is 330 g/mol. The number of carboxylic acid groups (broad SMARTS) is 1. The minimum atomic E-state index is -0.938. The molecule has 1 heterocycles. The molecule has 1 N–H and O–H groups in total. The van der Waals surface area contributed by atoms with Crippen LogP contribution in [-0.4, -0.2) is 16.2 Å². The average Bonchev–Trinajstić information content (AvgIpc) is 2.68. The van der Waals surface area contributed by atoms with E-state index in [2.05, 4.69) is 21.1 Å². The molecule has 1 aromatic carbocycles. The minimum Gasteiger partial charge on any atom is -0.478 e. The number of halogens is 1. The topological polar surface area (TPSA) is 63.3 Å². The SMILES string of the molecule is Cc1noc(C)c1CSc1ccc(Br)c(C(=O)O)c1. The molecule has 0 radical (unpaired) electrons. The van der Waals surface area contributed by atoms with Crippen LogP contribution in [0.5, 0.6) is 0 Å². The monoisotopic (exact) mass is 341 g/mol. The zero-order chi connectivity index (χ0) is 14.0. The Bertz CT molecular complexity index is 605. The van der Waals surface area contributed by atoms with Crippen molar-refractivity contribution in [3.8, 4) is 0 Å². The normalized spacial score (nSPS) is 10.7. The molecule has 0 fully saturated rings. The molecule has 4 nitrogen and oxygen atoms in total. The van der Waals surface area contributed by atoms with Gasteiger partial charge in [-0.1, -0.05) is 5.16 Å². The first-order chi connectivity index (χ1) is 8.99. The minimum absolute atomic E-state index is 0.267. The van der Waals surface area contributed by atoms with Crippen LogP contribution in [0.2, 0.25) is 0 Å². The fourth-order valence-corrected chi connectivity index (χ4v) is 3.13. The van der Waals surface area contributed by atoms with Crippen LogP contribution < -0.4 is 0 Å². The highest BCUT2D eigenvalue weighted by Crippen LogP contribution is 2.29. The number of benzene rings is 1. The molecule has 19 heavy (non-hydrogen) atoms. The smallest absolute Gasteiger partial charge is 0.336 e. The highest BCUT2D eigenvalue weighted by molar-refractivity contribution is 9.10. The van der Waals surface area contributed by atoms with Gasteiger partial charge in [0.2, 0.25) is 0 Å². The second-order valence-corrected chi connectivity index (χ2v) is 5.94. The maximum Gasteiger partial charge on any atom is 0.336 e. The molecule has 0 atom stereocenters. The molecule has 0 aliphatic rings. The molecule has 100 valence electrons. The third-order valence-electron chi connectivity index (χ3n) is 2.73. The van der Waals surface area contributed by atoms with Gasteiger partial charge in [-0.25, -0.2) is 4.79 Å². The first-order valence-corrected chi connectivity index (χ1v) is 7.34. The summed E-state index contributed by atoms with van der Waals surface area (Å²) in [5, 5.41) is 13.0. The lowest BCUT2D eigenvalue weighted by atomic mass is 10.2. The van der Waals surface area contributed by atoms with Gasteiger partial charge < -0.3 is 9.63 Å². The number of aromatic nitrogens is 1. The van der Waals surface area contributed by atoms with Gasteiger partial charge in [-0.15, -0.1) is 11.8 Å². The predicted octanol–water partition coefficient (Wildman–Crippen LogP) is 4.04. The number of hydrogen-bond acceptors (Lipinski definition) is 4. The second kappa shape index (κ2) is 5.79. The van der Waals surface area contributed by atoms with Crippen LogP contribution in [0, 0.1) is 13.8 Å². The Balaban J connectivity index is 2.16. The lowest BCUT2D eigenvalue weighted by Crippen LogP contribution is -1.97. The Morgan fingerprint density at radius 3 is 2.79 bits per heavy atom. The van der Waals surface area contributed by atoms with Gasteiger partial charge in [0.1, 0.15) is 5.76 Å². The van der Waals surface area contributed by atoms with E-state index in [4.69, 9.17) is 9.63 Å². The summed E-state index contributed by atoms with van der Waals surface area (Å²) in [5.41, 5.74) is 2.20. The third-order valence-corrected chi connectivity index (χ3v) is 4.44. The van der Waals surface area contributed by atoms with Crippen molar-refractivity contribution in [2.75, 3.05) is 0 Å². The maximum atomic E-state index is 11.1. The van der Waals surface area contributed by atoms with E-state index < -0.39 is 5.97 Å². The van der Waals surface area contributed by atoms with Gasteiger partial charge in [-0.3, -0.25) is 0 Å². The van der Waals surface area contributed by atoms with Crippen molar-refractivity contribution in [2.45, 2.75) is 24.5 Å². The molecule has 2 rings (SSSR count). The number of nitrogens with zero attached hydrogens (tertiary/aromatic N) is 1. The Morgan fingerprint density at radius 1 is 1.47 bits per heavy atom. The molecular formula is C13H12BrNO3S. The van der Waals surface area contributed by atoms with Crippen molar-refractivity contribution in [3.05, 3.63) is 45.3 Å². The van der Waals surface area contributed by atoms with Crippen LogP contribution in [0.3, 0.4) is 0 Å². The summed E-state index contributed by atoms with van der Waals surface area (Å²) in [5.74, 6) is 0.578. The van der Waals surface area contributed by atoms with Gasteiger partial charge in [0, 0.05) is 20.7 Å². The van der Waals surface area contributed by atoms with Crippen molar-refractivity contribution in [3.63, 3.8) is 0 Å². The van der Waals surface area contributed by atoms with Crippen LogP contribution in [0.15, 0.2) is 32.1 Å². The number of hydrogen-bond donors (Lipinski definition) is 1. The van der Waals surface area contributed by atoms with Crippen molar-refractivity contribution in [1.29, 1.82) is 0 Å². The predicted molar refractivity (Wildman–Crippen MR) is 76.6 cm³/mol. The zero-order valence-corrected chi connectivity index (χ0v) is 12.8. The first-order valence-electron chi connectivity index (χ1n) is 5.56. The third kappa shape index (κ3) is 3.19. The van der Waals surface area contributed by atoms with Crippen molar-refractivity contribution in [1.82, 2.24) is 5.16 Å². The first kappa shape index (κ1) is 14.1. The summed E-state index contributed by atoms with van der Waals surface area (Å²) in [6.07, 6.45) is 0. The fourth-order valence-electron chi connectivity index (χ4n) is 1.62. The molecule has 0 bridgehead atoms. The van der Waals surface area contributed by atoms with Crippen LogP contribution in [0.1, 0.15) is 27.4 Å². The molecule has 1 aromatic heterocycles.